The van der Waals surface area contributed by atoms with Crippen LogP contribution in [0.2, 0.25) is 0 Å². The molecule has 1 radical (unpaired) electrons. The van der Waals surface area contributed by atoms with E-state index in [1.54, 1.807) is 0 Å². The van der Waals surface area contributed by atoms with Crippen molar-refractivity contribution in [2.24, 2.45) is 0 Å². The molecule has 0 amide bonds. The van der Waals surface area contributed by atoms with Gasteiger partial charge < -0.3 is 5.32 Å². The molecule has 0 aliphatic carbocycles. The first-order valence-corrected chi connectivity index (χ1v) is 1.85. The van der Waals surface area contributed by atoms with Gasteiger partial charge in [-0.3, -0.25) is 0 Å². The molecule has 0 aromatic rings. The van der Waals surface area contributed by atoms with Crippen molar-refractivity contribution in [2.45, 2.75) is 6.42 Å². The van der Waals surface area contributed by atoms with Gasteiger partial charge in [0.1, 0.15) is 0 Å². The number of rotatable bonds is 2. The molecule has 0 aromatic carbocycles. The SMILES string of the molecule is [CH2]CCNC.[LiH]. The summed E-state index contributed by atoms with van der Waals surface area (Å²) in [5.74, 6) is 0. The Morgan fingerprint density at radius 3 is 2.17 bits per heavy atom. The molecule has 0 fully saturated rings. The van der Waals surface area contributed by atoms with Crippen LogP contribution in [0.1, 0.15) is 6.42 Å². The van der Waals surface area contributed by atoms with Crippen molar-refractivity contribution in [1.82, 2.24) is 5.32 Å². The summed E-state index contributed by atoms with van der Waals surface area (Å²) in [5, 5.41) is 2.95. The van der Waals surface area contributed by atoms with E-state index in [1.165, 1.54) is 0 Å². The average Bonchev–Trinajstić information content (AvgIpc) is 1.41. The van der Waals surface area contributed by atoms with Crippen molar-refractivity contribution in [3.05, 3.63) is 6.92 Å². The molecule has 0 atom stereocenters. The van der Waals surface area contributed by atoms with Gasteiger partial charge in [-0.25, -0.2) is 0 Å². The summed E-state index contributed by atoms with van der Waals surface area (Å²) in [6, 6.07) is 0. The molecule has 2 heteroatoms. The fraction of sp³-hybridized carbons (Fsp3) is 0.750. The van der Waals surface area contributed by atoms with Crippen molar-refractivity contribution in [3.63, 3.8) is 0 Å². The van der Waals surface area contributed by atoms with Gasteiger partial charge in [-0.2, -0.15) is 0 Å². The summed E-state index contributed by atoms with van der Waals surface area (Å²) in [7, 11) is 1.92. The van der Waals surface area contributed by atoms with Gasteiger partial charge in [0.2, 0.25) is 0 Å². The van der Waals surface area contributed by atoms with Crippen LogP contribution in [0, 0.1) is 6.92 Å². The van der Waals surface area contributed by atoms with Crippen molar-refractivity contribution < 1.29 is 0 Å². The van der Waals surface area contributed by atoms with E-state index in [0.717, 1.165) is 13.0 Å². The van der Waals surface area contributed by atoms with Crippen molar-refractivity contribution in [2.75, 3.05) is 13.6 Å². The molecule has 0 rings (SSSR count). The quantitative estimate of drug-likeness (QED) is 0.452. The summed E-state index contributed by atoms with van der Waals surface area (Å²) in [6.45, 7) is 4.64. The monoisotopic (exact) mass is 80.1 g/mol. The average molecular weight is 80.1 g/mol. The van der Waals surface area contributed by atoms with E-state index in [0.29, 0.717) is 0 Å². The van der Waals surface area contributed by atoms with Gasteiger partial charge in [-0.1, -0.05) is 6.92 Å². The Morgan fingerprint density at radius 2 is 2.17 bits per heavy atom. The number of hydrogen-bond acceptors (Lipinski definition) is 1. The van der Waals surface area contributed by atoms with Gasteiger partial charge >= 0.3 is 18.9 Å². The van der Waals surface area contributed by atoms with E-state index in [2.05, 4.69) is 12.2 Å². The second-order valence-corrected chi connectivity index (χ2v) is 0.957. The topological polar surface area (TPSA) is 12.0 Å². The van der Waals surface area contributed by atoms with Gasteiger partial charge in [0.15, 0.2) is 0 Å². The van der Waals surface area contributed by atoms with Crippen LogP contribution >= 0.6 is 0 Å². The van der Waals surface area contributed by atoms with Crippen LogP contribution in [-0.2, 0) is 0 Å². The van der Waals surface area contributed by atoms with E-state index in [4.69, 9.17) is 0 Å². The van der Waals surface area contributed by atoms with E-state index in [-0.39, 0.29) is 18.9 Å². The van der Waals surface area contributed by atoms with Gasteiger partial charge in [0.05, 0.1) is 0 Å². The van der Waals surface area contributed by atoms with Crippen LogP contribution in [0.5, 0.6) is 0 Å². The van der Waals surface area contributed by atoms with Crippen LogP contribution in [0.15, 0.2) is 0 Å². The first kappa shape index (κ1) is 9.75. The van der Waals surface area contributed by atoms with E-state index in [9.17, 15) is 0 Å². The molecule has 1 nitrogen and oxygen atoms in total. The Balaban J connectivity index is 0. The second-order valence-electron chi connectivity index (χ2n) is 0.957. The molecule has 33 valence electrons. The molecule has 0 saturated heterocycles. The predicted molar refractivity (Wildman–Crippen MR) is 31.0 cm³/mol. The minimum atomic E-state index is 0. The molecule has 0 aliphatic rings. The minimum absolute atomic E-state index is 0. The molecular formula is C4H11LiN. The first-order valence-electron chi connectivity index (χ1n) is 1.85. The van der Waals surface area contributed by atoms with E-state index in [1.807, 2.05) is 7.05 Å². The van der Waals surface area contributed by atoms with Gasteiger partial charge in [0, 0.05) is 0 Å². The fourth-order valence-corrected chi connectivity index (χ4v) is 0.177. The number of hydrogen-bond donors (Lipinski definition) is 1. The predicted octanol–water partition coefficient (Wildman–Crippen LogP) is -0.219. The third-order valence-corrected chi connectivity index (χ3v) is 0.427. The summed E-state index contributed by atoms with van der Waals surface area (Å²) in [6.07, 6.45) is 0.983. The zero-order chi connectivity index (χ0) is 4.12. The van der Waals surface area contributed by atoms with Crippen LogP contribution in [-0.4, -0.2) is 32.5 Å². The summed E-state index contributed by atoms with van der Waals surface area (Å²) in [5.41, 5.74) is 0. The summed E-state index contributed by atoms with van der Waals surface area (Å²) < 4.78 is 0. The third kappa shape index (κ3) is 8.82. The normalized spacial score (nSPS) is 7.00. The van der Waals surface area contributed by atoms with Gasteiger partial charge in [0.25, 0.3) is 0 Å². The van der Waals surface area contributed by atoms with Gasteiger partial charge in [-0.05, 0) is 20.0 Å². The molecule has 1 N–H and O–H groups in total. The van der Waals surface area contributed by atoms with Crippen LogP contribution < -0.4 is 5.32 Å². The Labute approximate surface area is 51.7 Å². The first-order chi connectivity index (χ1) is 2.41. The van der Waals surface area contributed by atoms with Crippen LogP contribution in [0.25, 0.3) is 0 Å². The van der Waals surface area contributed by atoms with Gasteiger partial charge in [-0.15, -0.1) is 0 Å². The molecule has 0 aliphatic heterocycles. The molecule has 0 spiro atoms. The molecule has 0 aromatic heterocycles. The van der Waals surface area contributed by atoms with Crippen LogP contribution in [0.4, 0.5) is 0 Å². The fourth-order valence-electron chi connectivity index (χ4n) is 0.177. The maximum absolute atomic E-state index is 3.61. The Hall–Kier alpha value is 0.557. The zero-order valence-corrected chi connectivity index (χ0v) is 3.62. The van der Waals surface area contributed by atoms with Crippen molar-refractivity contribution in [1.29, 1.82) is 0 Å². The van der Waals surface area contributed by atoms with E-state index >= 15 is 0 Å². The maximum atomic E-state index is 3.61. The summed E-state index contributed by atoms with van der Waals surface area (Å²) in [4.78, 5) is 0. The van der Waals surface area contributed by atoms with Crippen LogP contribution in [0.3, 0.4) is 0 Å². The molecule has 0 saturated carbocycles. The molecule has 0 bridgehead atoms. The van der Waals surface area contributed by atoms with Crippen molar-refractivity contribution in [3.8, 4) is 0 Å². The van der Waals surface area contributed by atoms with E-state index < -0.39 is 0 Å². The molecule has 6 heavy (non-hydrogen) atoms. The molecule has 0 heterocycles. The Morgan fingerprint density at radius 1 is 1.67 bits per heavy atom. The second kappa shape index (κ2) is 9.12. The standard InChI is InChI=1S/C4H10N.Li.H/c1-3-4-5-2;;/h5H,1,3-4H2,2H3;;. The molecular weight excluding hydrogens is 69.0 g/mol. The zero-order valence-electron chi connectivity index (χ0n) is 3.62. The number of nitrogens with one attached hydrogen (secondary N) is 1. The van der Waals surface area contributed by atoms with Crippen molar-refractivity contribution >= 4 is 18.9 Å². The molecule has 0 unspecified atom stereocenters. The Kier molecular flexibility index (Phi) is 14.8. The summed E-state index contributed by atoms with van der Waals surface area (Å²) >= 11 is 0. The Bertz CT molecular complexity index is 15.0. The third-order valence-electron chi connectivity index (χ3n) is 0.427.